The molecule has 1 atom stereocenters. The van der Waals surface area contributed by atoms with E-state index in [9.17, 15) is 9.59 Å². The zero-order valence-corrected chi connectivity index (χ0v) is 14.3. The highest BCUT2D eigenvalue weighted by atomic mass is 32.1. The van der Waals surface area contributed by atoms with Crippen molar-refractivity contribution in [1.82, 2.24) is 15.2 Å². The van der Waals surface area contributed by atoms with Crippen molar-refractivity contribution >= 4 is 33.3 Å². The van der Waals surface area contributed by atoms with Gasteiger partial charge in [0.2, 0.25) is 0 Å². The Hall–Kier alpha value is -1.99. The predicted octanol–water partition coefficient (Wildman–Crippen LogP) is 1.91. The Morgan fingerprint density at radius 1 is 1.33 bits per heavy atom. The average molecular weight is 345 g/mol. The van der Waals surface area contributed by atoms with Gasteiger partial charge in [-0.3, -0.25) is 9.78 Å². The van der Waals surface area contributed by atoms with Crippen molar-refractivity contribution in [3.63, 3.8) is 0 Å². The SMILES string of the molecule is COC(=O)c1cc2cnc(C(=O)N[C@H]3CN4CCC3CC4)cc2s1. The normalized spacial score (nSPS) is 25.6. The molecule has 6 nitrogen and oxygen atoms in total. The number of esters is 1. The minimum absolute atomic E-state index is 0.135. The number of nitrogens with zero attached hydrogens (tertiary/aromatic N) is 2. The second kappa shape index (κ2) is 6.14. The molecule has 7 heteroatoms. The molecule has 126 valence electrons. The summed E-state index contributed by atoms with van der Waals surface area (Å²) in [6, 6.07) is 3.71. The Morgan fingerprint density at radius 2 is 2.12 bits per heavy atom. The van der Waals surface area contributed by atoms with Gasteiger partial charge in [-0.15, -0.1) is 11.3 Å². The summed E-state index contributed by atoms with van der Waals surface area (Å²) in [4.78, 5) is 31.4. The molecule has 2 aromatic heterocycles. The van der Waals surface area contributed by atoms with Gasteiger partial charge in [0.1, 0.15) is 10.6 Å². The van der Waals surface area contributed by atoms with Crippen LogP contribution in [0.2, 0.25) is 0 Å². The van der Waals surface area contributed by atoms with Crippen LogP contribution in [0.25, 0.3) is 10.1 Å². The Balaban J connectivity index is 1.52. The number of fused-ring (bicyclic) bond motifs is 4. The van der Waals surface area contributed by atoms with Gasteiger partial charge in [-0.25, -0.2) is 4.79 Å². The quantitative estimate of drug-likeness (QED) is 0.861. The van der Waals surface area contributed by atoms with E-state index in [0.29, 0.717) is 16.5 Å². The second-order valence-corrected chi connectivity index (χ2v) is 7.51. The Labute approximate surface area is 143 Å². The topological polar surface area (TPSA) is 71.5 Å². The highest BCUT2D eigenvalue weighted by Crippen LogP contribution is 2.28. The number of thiophene rings is 1. The van der Waals surface area contributed by atoms with Crippen molar-refractivity contribution in [2.45, 2.75) is 18.9 Å². The molecule has 3 aliphatic rings. The Bertz CT molecular complexity index is 795. The first-order valence-corrected chi connectivity index (χ1v) is 8.97. The number of ether oxygens (including phenoxy) is 1. The standard InChI is InChI=1S/C17H19N3O3S/c1-23-17(22)15-6-11-8-18-12(7-14(11)24-15)16(21)19-13-9-20-4-2-10(13)3-5-20/h6-8,10,13H,2-5,9H2,1H3,(H,19,21)/t13-/m0/s1. The van der Waals surface area contributed by atoms with Gasteiger partial charge < -0.3 is 15.0 Å². The van der Waals surface area contributed by atoms with E-state index in [1.807, 2.05) is 0 Å². The van der Waals surface area contributed by atoms with Crippen LogP contribution in [0.1, 0.15) is 33.0 Å². The maximum absolute atomic E-state index is 12.6. The first kappa shape index (κ1) is 15.5. The molecule has 0 unspecified atom stereocenters. The molecule has 3 aliphatic heterocycles. The van der Waals surface area contributed by atoms with E-state index in [4.69, 9.17) is 4.74 Å². The number of methoxy groups -OCH3 is 1. The molecule has 0 aliphatic carbocycles. The van der Waals surface area contributed by atoms with Gasteiger partial charge in [0.25, 0.3) is 5.91 Å². The fraction of sp³-hybridized carbons (Fsp3) is 0.471. The van der Waals surface area contributed by atoms with Gasteiger partial charge in [0, 0.05) is 28.9 Å². The highest BCUT2D eigenvalue weighted by Gasteiger charge is 2.35. The first-order chi connectivity index (χ1) is 11.6. The fourth-order valence-electron chi connectivity index (χ4n) is 3.63. The van der Waals surface area contributed by atoms with Gasteiger partial charge in [0.05, 0.1) is 7.11 Å². The van der Waals surface area contributed by atoms with E-state index >= 15 is 0 Å². The van der Waals surface area contributed by atoms with Crippen LogP contribution in [0.4, 0.5) is 0 Å². The van der Waals surface area contributed by atoms with Crippen molar-refractivity contribution in [2.75, 3.05) is 26.7 Å². The van der Waals surface area contributed by atoms with E-state index in [1.165, 1.54) is 18.4 Å². The molecule has 0 saturated carbocycles. The van der Waals surface area contributed by atoms with E-state index in [1.54, 1.807) is 18.3 Å². The molecule has 1 amide bonds. The number of hydrogen-bond donors (Lipinski definition) is 1. The lowest BCUT2D eigenvalue weighted by atomic mass is 9.84. The average Bonchev–Trinajstić information content (AvgIpc) is 3.05. The van der Waals surface area contributed by atoms with Crippen LogP contribution in [0.5, 0.6) is 0 Å². The minimum Gasteiger partial charge on any atom is -0.465 e. The van der Waals surface area contributed by atoms with Crippen molar-refractivity contribution < 1.29 is 14.3 Å². The summed E-state index contributed by atoms with van der Waals surface area (Å²) in [5.74, 6) is 0.0773. The summed E-state index contributed by atoms with van der Waals surface area (Å²) in [6.07, 6.45) is 3.96. The smallest absolute Gasteiger partial charge is 0.348 e. The van der Waals surface area contributed by atoms with E-state index in [-0.39, 0.29) is 17.9 Å². The molecule has 2 bridgehead atoms. The lowest BCUT2D eigenvalue weighted by molar-refractivity contribution is 0.0604. The molecule has 24 heavy (non-hydrogen) atoms. The van der Waals surface area contributed by atoms with Crippen molar-refractivity contribution in [3.05, 3.63) is 28.9 Å². The van der Waals surface area contributed by atoms with Gasteiger partial charge in [-0.05, 0) is 44.0 Å². The maximum atomic E-state index is 12.6. The number of nitrogens with one attached hydrogen (secondary N) is 1. The van der Waals surface area contributed by atoms with Crippen LogP contribution in [0.15, 0.2) is 18.3 Å². The van der Waals surface area contributed by atoms with Crippen LogP contribution < -0.4 is 5.32 Å². The van der Waals surface area contributed by atoms with Crippen LogP contribution in [-0.2, 0) is 4.74 Å². The summed E-state index contributed by atoms with van der Waals surface area (Å²) < 4.78 is 5.60. The maximum Gasteiger partial charge on any atom is 0.348 e. The van der Waals surface area contributed by atoms with E-state index in [2.05, 4.69) is 15.2 Å². The van der Waals surface area contributed by atoms with Crippen LogP contribution in [0.3, 0.4) is 0 Å². The number of amides is 1. The van der Waals surface area contributed by atoms with Crippen molar-refractivity contribution in [1.29, 1.82) is 0 Å². The number of rotatable bonds is 3. The molecule has 3 fully saturated rings. The summed E-state index contributed by atoms with van der Waals surface area (Å²) in [6.45, 7) is 3.23. The second-order valence-electron chi connectivity index (χ2n) is 6.43. The third kappa shape index (κ3) is 2.78. The van der Waals surface area contributed by atoms with Crippen molar-refractivity contribution in [3.8, 4) is 0 Å². The number of pyridine rings is 1. The zero-order valence-electron chi connectivity index (χ0n) is 13.4. The lowest BCUT2D eigenvalue weighted by Crippen LogP contribution is -2.57. The van der Waals surface area contributed by atoms with Gasteiger partial charge in [-0.2, -0.15) is 0 Å². The Morgan fingerprint density at radius 3 is 2.79 bits per heavy atom. The lowest BCUT2D eigenvalue weighted by Gasteiger charge is -2.44. The number of carbonyl (C=O) groups is 2. The number of carbonyl (C=O) groups excluding carboxylic acids is 2. The summed E-state index contributed by atoms with van der Waals surface area (Å²) in [5, 5.41) is 3.99. The number of hydrogen-bond acceptors (Lipinski definition) is 6. The third-order valence-electron chi connectivity index (χ3n) is 4.99. The van der Waals surface area contributed by atoms with E-state index < -0.39 is 0 Å². The molecule has 5 rings (SSSR count). The van der Waals surface area contributed by atoms with Crippen molar-refractivity contribution in [2.24, 2.45) is 5.92 Å². The molecular formula is C17H19N3O3S. The minimum atomic E-state index is -0.366. The monoisotopic (exact) mass is 345 g/mol. The van der Waals surface area contributed by atoms with Crippen LogP contribution in [-0.4, -0.2) is 54.5 Å². The Kier molecular flexibility index (Phi) is 3.97. The number of piperidine rings is 3. The van der Waals surface area contributed by atoms with Crippen LogP contribution in [0, 0.1) is 5.92 Å². The molecule has 0 spiro atoms. The van der Waals surface area contributed by atoms with Gasteiger partial charge >= 0.3 is 5.97 Å². The predicted molar refractivity (Wildman–Crippen MR) is 91.4 cm³/mol. The fourth-order valence-corrected chi connectivity index (χ4v) is 4.62. The molecule has 1 N–H and O–H groups in total. The molecular weight excluding hydrogens is 326 g/mol. The molecule has 0 aromatic carbocycles. The van der Waals surface area contributed by atoms with Gasteiger partial charge in [0.15, 0.2) is 0 Å². The molecule has 5 heterocycles. The van der Waals surface area contributed by atoms with Gasteiger partial charge in [-0.1, -0.05) is 0 Å². The third-order valence-corrected chi connectivity index (χ3v) is 6.07. The summed E-state index contributed by atoms with van der Waals surface area (Å²) in [7, 11) is 1.36. The first-order valence-electron chi connectivity index (χ1n) is 8.15. The molecule has 3 saturated heterocycles. The summed E-state index contributed by atoms with van der Waals surface area (Å²) >= 11 is 1.32. The van der Waals surface area contributed by atoms with Crippen LogP contribution >= 0.6 is 11.3 Å². The number of aromatic nitrogens is 1. The largest absolute Gasteiger partial charge is 0.465 e. The molecule has 2 aromatic rings. The highest BCUT2D eigenvalue weighted by molar-refractivity contribution is 7.20. The molecule has 0 radical (unpaired) electrons. The zero-order chi connectivity index (χ0) is 16.7. The van der Waals surface area contributed by atoms with E-state index in [0.717, 1.165) is 42.6 Å². The summed E-state index contributed by atoms with van der Waals surface area (Å²) in [5.41, 5.74) is 0.400.